The molecule has 106 valence electrons. The minimum Gasteiger partial charge on any atom is -0.361 e. The van der Waals surface area contributed by atoms with E-state index in [2.05, 4.69) is 53.0 Å². The van der Waals surface area contributed by atoms with Crippen LogP contribution in [0.1, 0.15) is 26.3 Å². The van der Waals surface area contributed by atoms with E-state index in [-0.39, 0.29) is 0 Å². The summed E-state index contributed by atoms with van der Waals surface area (Å²) in [4.78, 5) is 6.77. The summed E-state index contributed by atoms with van der Waals surface area (Å²) in [7, 11) is 0. The second kappa shape index (κ2) is 6.61. The van der Waals surface area contributed by atoms with E-state index in [1.807, 2.05) is 19.1 Å². The van der Waals surface area contributed by atoms with Crippen LogP contribution in [0.2, 0.25) is 0 Å². The molecule has 0 spiro atoms. The predicted octanol–water partition coefficient (Wildman–Crippen LogP) is 3.91. The summed E-state index contributed by atoms with van der Waals surface area (Å²) in [6.45, 7) is 10.3. The Morgan fingerprint density at radius 3 is 2.55 bits per heavy atom. The van der Waals surface area contributed by atoms with Gasteiger partial charge in [0, 0.05) is 18.7 Å². The van der Waals surface area contributed by atoms with Crippen molar-refractivity contribution in [2.24, 2.45) is 4.99 Å². The highest BCUT2D eigenvalue weighted by Crippen LogP contribution is 2.30. The topological polar surface area (TPSA) is 41.4 Å². The number of rotatable bonds is 4. The second-order valence-electron chi connectivity index (χ2n) is 4.54. The van der Waals surface area contributed by atoms with Gasteiger partial charge in [0.2, 0.25) is 5.13 Å². The van der Waals surface area contributed by atoms with Gasteiger partial charge in [-0.2, -0.15) is 0 Å². The summed E-state index contributed by atoms with van der Waals surface area (Å²) in [5, 5.41) is 10.1. The maximum absolute atomic E-state index is 4.56. The minimum atomic E-state index is 0.715. The molecule has 0 radical (unpaired) electrons. The molecule has 0 saturated carbocycles. The zero-order chi connectivity index (χ0) is 14.5. The van der Waals surface area contributed by atoms with Gasteiger partial charge in [0.05, 0.1) is 0 Å². The van der Waals surface area contributed by atoms with Crippen LogP contribution in [0.3, 0.4) is 0 Å². The quantitative estimate of drug-likeness (QED) is 0.633. The van der Waals surface area contributed by atoms with Gasteiger partial charge >= 0.3 is 0 Å². The van der Waals surface area contributed by atoms with Gasteiger partial charge in [0.1, 0.15) is 10.8 Å². The van der Waals surface area contributed by atoms with E-state index in [4.69, 9.17) is 0 Å². The Morgan fingerprint density at radius 1 is 1.20 bits per heavy atom. The first-order chi connectivity index (χ1) is 9.65. The molecule has 1 aromatic heterocycles. The van der Waals surface area contributed by atoms with Crippen molar-refractivity contribution in [2.45, 2.75) is 27.7 Å². The minimum absolute atomic E-state index is 0.715. The van der Waals surface area contributed by atoms with Crippen molar-refractivity contribution in [3.8, 4) is 10.6 Å². The van der Waals surface area contributed by atoms with Gasteiger partial charge in [-0.15, -0.1) is 10.2 Å². The lowest BCUT2D eigenvalue weighted by Gasteiger charge is -2.19. The highest BCUT2D eigenvalue weighted by Gasteiger charge is 2.09. The van der Waals surface area contributed by atoms with Gasteiger partial charge in [-0.3, -0.25) is 0 Å². The summed E-state index contributed by atoms with van der Waals surface area (Å²) in [6.07, 6.45) is 0. The molecule has 0 bridgehead atoms. The second-order valence-corrected chi connectivity index (χ2v) is 5.49. The van der Waals surface area contributed by atoms with Crippen LogP contribution in [-0.4, -0.2) is 34.0 Å². The lowest BCUT2D eigenvalue weighted by atomic mass is 10.1. The Bertz CT molecular complexity index is 599. The number of amidine groups is 1. The monoisotopic (exact) mass is 288 g/mol. The van der Waals surface area contributed by atoms with Crippen LogP contribution in [0.25, 0.3) is 10.6 Å². The number of hydrogen-bond donors (Lipinski definition) is 0. The molecule has 0 aliphatic rings. The van der Waals surface area contributed by atoms with Gasteiger partial charge in [-0.25, -0.2) is 4.99 Å². The third kappa shape index (κ3) is 3.22. The van der Waals surface area contributed by atoms with Gasteiger partial charge in [0.15, 0.2) is 0 Å². The Hall–Kier alpha value is -1.75. The molecule has 1 heterocycles. The number of aromatic nitrogens is 2. The molecule has 0 saturated heterocycles. The summed E-state index contributed by atoms with van der Waals surface area (Å²) < 4.78 is 0. The number of aryl methyl sites for hydroxylation is 1. The maximum Gasteiger partial charge on any atom is 0.233 e. The molecule has 0 fully saturated rings. The third-order valence-electron chi connectivity index (χ3n) is 3.27. The largest absolute Gasteiger partial charge is 0.361 e. The van der Waals surface area contributed by atoms with Crippen LogP contribution < -0.4 is 0 Å². The molecule has 20 heavy (non-hydrogen) atoms. The van der Waals surface area contributed by atoms with Gasteiger partial charge < -0.3 is 4.90 Å². The Labute approximate surface area is 124 Å². The Balaban J connectivity index is 2.26. The molecule has 0 N–H and O–H groups in total. The fourth-order valence-electron chi connectivity index (χ4n) is 2.07. The van der Waals surface area contributed by atoms with Crippen LogP contribution in [-0.2, 0) is 0 Å². The molecule has 2 aromatic rings. The summed E-state index contributed by atoms with van der Waals surface area (Å²) in [6, 6.07) is 8.21. The first-order valence-electron chi connectivity index (χ1n) is 6.85. The normalized spacial score (nSPS) is 11.7. The lowest BCUT2D eigenvalue weighted by Crippen LogP contribution is -2.27. The molecular weight excluding hydrogens is 268 g/mol. The smallest absolute Gasteiger partial charge is 0.233 e. The maximum atomic E-state index is 4.56. The van der Waals surface area contributed by atoms with Crippen molar-refractivity contribution in [3.05, 3.63) is 29.8 Å². The van der Waals surface area contributed by atoms with Crippen LogP contribution in [0.4, 0.5) is 5.13 Å². The number of nitrogens with zero attached hydrogens (tertiary/aromatic N) is 4. The van der Waals surface area contributed by atoms with Crippen molar-refractivity contribution in [1.82, 2.24) is 15.1 Å². The van der Waals surface area contributed by atoms with Gasteiger partial charge in [0.25, 0.3) is 0 Å². The molecule has 0 aliphatic heterocycles. The van der Waals surface area contributed by atoms with Crippen molar-refractivity contribution >= 4 is 22.3 Å². The average Bonchev–Trinajstić information content (AvgIpc) is 2.89. The number of hydrogen-bond acceptors (Lipinski definition) is 4. The molecule has 0 aliphatic carbocycles. The molecule has 4 nitrogen and oxygen atoms in total. The van der Waals surface area contributed by atoms with Crippen LogP contribution in [0.5, 0.6) is 0 Å². The van der Waals surface area contributed by atoms with E-state index in [1.54, 1.807) is 0 Å². The fourth-order valence-corrected chi connectivity index (χ4v) is 2.93. The first-order valence-corrected chi connectivity index (χ1v) is 7.67. The van der Waals surface area contributed by atoms with Crippen molar-refractivity contribution < 1.29 is 0 Å². The van der Waals surface area contributed by atoms with E-state index in [9.17, 15) is 0 Å². The Kier molecular flexibility index (Phi) is 4.84. The van der Waals surface area contributed by atoms with E-state index < -0.39 is 0 Å². The van der Waals surface area contributed by atoms with E-state index in [0.29, 0.717) is 5.13 Å². The molecule has 2 rings (SSSR count). The van der Waals surface area contributed by atoms with E-state index >= 15 is 0 Å². The SMILES string of the molecule is CCN(CC)C(C)=Nc1nnc(-c2ccccc2C)s1. The van der Waals surface area contributed by atoms with E-state index in [0.717, 1.165) is 29.5 Å². The van der Waals surface area contributed by atoms with Crippen molar-refractivity contribution in [1.29, 1.82) is 0 Å². The third-order valence-corrected chi connectivity index (χ3v) is 4.12. The molecule has 0 amide bonds. The molecule has 5 heteroatoms. The average molecular weight is 288 g/mol. The van der Waals surface area contributed by atoms with Crippen LogP contribution in [0.15, 0.2) is 29.3 Å². The number of aliphatic imine (C=N–C) groups is 1. The highest BCUT2D eigenvalue weighted by atomic mass is 32.1. The summed E-state index contributed by atoms with van der Waals surface area (Å²) in [5.74, 6) is 0.988. The molecule has 0 atom stereocenters. The van der Waals surface area contributed by atoms with Gasteiger partial charge in [-0.1, -0.05) is 35.6 Å². The van der Waals surface area contributed by atoms with Crippen LogP contribution in [0, 0.1) is 6.92 Å². The zero-order valence-corrected chi connectivity index (χ0v) is 13.2. The Morgan fingerprint density at radius 2 is 1.90 bits per heavy atom. The summed E-state index contributed by atoms with van der Waals surface area (Å²) in [5.41, 5.74) is 2.34. The van der Waals surface area contributed by atoms with Crippen molar-refractivity contribution in [3.63, 3.8) is 0 Å². The number of benzene rings is 1. The zero-order valence-electron chi connectivity index (χ0n) is 12.4. The molecular formula is C15H20N4S. The van der Waals surface area contributed by atoms with Gasteiger partial charge in [-0.05, 0) is 33.3 Å². The standard InChI is InChI=1S/C15H20N4S/c1-5-19(6-2)12(4)16-15-18-17-14(20-15)13-10-8-7-9-11(13)3/h7-10H,5-6H2,1-4H3. The molecule has 1 aromatic carbocycles. The lowest BCUT2D eigenvalue weighted by molar-refractivity contribution is 0.463. The van der Waals surface area contributed by atoms with E-state index in [1.165, 1.54) is 16.9 Å². The first kappa shape index (κ1) is 14.7. The van der Waals surface area contributed by atoms with Crippen molar-refractivity contribution in [2.75, 3.05) is 13.1 Å². The fraction of sp³-hybridized carbons (Fsp3) is 0.400. The molecule has 0 unspecified atom stereocenters. The highest BCUT2D eigenvalue weighted by molar-refractivity contribution is 7.18. The summed E-state index contributed by atoms with van der Waals surface area (Å²) >= 11 is 1.53. The van der Waals surface area contributed by atoms with Crippen LogP contribution >= 0.6 is 11.3 Å². The predicted molar refractivity (Wildman–Crippen MR) is 85.8 cm³/mol.